The summed E-state index contributed by atoms with van der Waals surface area (Å²) >= 11 is 0. The maximum atomic E-state index is 13.1. The topological polar surface area (TPSA) is 126 Å². The molecule has 0 bridgehead atoms. The van der Waals surface area contributed by atoms with E-state index in [-0.39, 0.29) is 23.6 Å². The molecule has 0 aliphatic heterocycles. The second-order valence-corrected chi connectivity index (χ2v) is 9.19. The first kappa shape index (κ1) is 22.8. The lowest BCUT2D eigenvalue weighted by Gasteiger charge is -2.34. The summed E-state index contributed by atoms with van der Waals surface area (Å²) in [5, 5.41) is 23.8. The first-order valence-electron chi connectivity index (χ1n) is 11.3. The van der Waals surface area contributed by atoms with Crippen molar-refractivity contribution < 1.29 is 9.90 Å². The Hall–Kier alpha value is -3.40. The highest BCUT2D eigenvalue weighted by atomic mass is 16.3. The predicted molar refractivity (Wildman–Crippen MR) is 127 cm³/mol. The van der Waals surface area contributed by atoms with Crippen molar-refractivity contribution in [1.29, 1.82) is 0 Å². The van der Waals surface area contributed by atoms with Crippen molar-refractivity contribution in [3.63, 3.8) is 0 Å². The number of aromatic nitrogens is 4. The molecule has 0 radical (unpaired) electrons. The lowest BCUT2D eigenvalue weighted by molar-refractivity contribution is 0.0106. The van der Waals surface area contributed by atoms with Crippen molar-refractivity contribution in [1.82, 2.24) is 24.5 Å². The van der Waals surface area contributed by atoms with Crippen LogP contribution in [0.3, 0.4) is 0 Å². The highest BCUT2D eigenvalue weighted by molar-refractivity contribution is 6.00. The third-order valence-electron chi connectivity index (χ3n) is 6.06. The average Bonchev–Trinajstić information content (AvgIpc) is 3.18. The molecular formula is C23H31N7O3. The number of rotatable bonds is 6. The van der Waals surface area contributed by atoms with E-state index in [0.717, 1.165) is 19.3 Å². The molecule has 1 saturated carbocycles. The molecule has 1 aliphatic carbocycles. The van der Waals surface area contributed by atoms with Crippen LogP contribution in [0.1, 0.15) is 62.9 Å². The zero-order valence-electron chi connectivity index (χ0n) is 19.4. The zero-order valence-corrected chi connectivity index (χ0v) is 19.4. The third kappa shape index (κ3) is 4.70. The summed E-state index contributed by atoms with van der Waals surface area (Å²) < 4.78 is 3.19. The van der Waals surface area contributed by atoms with Gasteiger partial charge in [-0.05, 0) is 58.6 Å². The van der Waals surface area contributed by atoms with Crippen LogP contribution in [-0.4, -0.2) is 48.9 Å². The number of anilines is 3. The van der Waals surface area contributed by atoms with Gasteiger partial charge in [0.05, 0.1) is 11.8 Å². The molecule has 2 atom stereocenters. The van der Waals surface area contributed by atoms with Crippen molar-refractivity contribution in [3.8, 4) is 0 Å². The van der Waals surface area contributed by atoms with E-state index in [1.807, 2.05) is 13.8 Å². The molecule has 3 aromatic rings. The monoisotopic (exact) mass is 453 g/mol. The molecule has 4 rings (SSSR count). The molecule has 3 aromatic heterocycles. The molecule has 10 nitrogen and oxygen atoms in total. The van der Waals surface area contributed by atoms with Gasteiger partial charge in [-0.1, -0.05) is 0 Å². The minimum absolute atomic E-state index is 0.0215. The SMILES string of the molecule is CNc1cc(Nc2cccn(C(C)C)c2=O)nc2c(C(=O)NC3CCC[C@@](C)(O)C3)cnn12. The summed E-state index contributed by atoms with van der Waals surface area (Å²) in [6, 6.07) is 5.14. The molecule has 4 N–H and O–H groups in total. The summed E-state index contributed by atoms with van der Waals surface area (Å²) in [7, 11) is 1.75. The van der Waals surface area contributed by atoms with Gasteiger partial charge in [0.25, 0.3) is 11.5 Å². The van der Waals surface area contributed by atoms with Gasteiger partial charge in [0, 0.05) is 31.4 Å². The van der Waals surface area contributed by atoms with Crippen molar-refractivity contribution in [2.45, 2.75) is 64.1 Å². The fraction of sp³-hybridized carbons (Fsp3) is 0.478. The Labute approximate surface area is 192 Å². The second kappa shape index (κ2) is 8.86. The molecular weight excluding hydrogens is 422 g/mol. The van der Waals surface area contributed by atoms with Gasteiger partial charge in [0.15, 0.2) is 5.65 Å². The van der Waals surface area contributed by atoms with Crippen LogP contribution in [0.25, 0.3) is 5.65 Å². The van der Waals surface area contributed by atoms with Crippen LogP contribution in [0, 0.1) is 0 Å². The van der Waals surface area contributed by atoms with E-state index in [2.05, 4.69) is 26.0 Å². The minimum atomic E-state index is -0.773. The first-order chi connectivity index (χ1) is 15.7. The van der Waals surface area contributed by atoms with Crippen molar-refractivity contribution in [3.05, 3.63) is 46.5 Å². The standard InChI is InChI=1S/C23H31N7O3/c1-14(2)29-10-6-8-17(22(29)32)27-18-11-19(24-4)30-20(28-18)16(13-25-30)21(31)26-15-7-5-9-23(3,33)12-15/h6,8,10-11,13-15,24,33H,5,7,9,12H2,1-4H3,(H,26,31)(H,27,28)/t15?,23-/m1/s1. The molecule has 176 valence electrons. The number of amides is 1. The fourth-order valence-electron chi connectivity index (χ4n) is 4.37. The van der Waals surface area contributed by atoms with E-state index in [1.165, 1.54) is 6.20 Å². The van der Waals surface area contributed by atoms with Crippen LogP contribution >= 0.6 is 0 Å². The molecule has 3 heterocycles. The number of hydrogen-bond donors (Lipinski definition) is 4. The highest BCUT2D eigenvalue weighted by Crippen LogP contribution is 2.28. The molecule has 1 amide bonds. The highest BCUT2D eigenvalue weighted by Gasteiger charge is 2.31. The van der Waals surface area contributed by atoms with Crippen molar-refractivity contribution in [2.24, 2.45) is 0 Å². The van der Waals surface area contributed by atoms with Gasteiger partial charge >= 0.3 is 0 Å². The Morgan fingerprint density at radius 2 is 2.15 bits per heavy atom. The predicted octanol–water partition coefficient (Wildman–Crippen LogP) is 2.68. The van der Waals surface area contributed by atoms with E-state index in [1.54, 1.807) is 47.4 Å². The number of hydrogen-bond acceptors (Lipinski definition) is 7. The zero-order chi connectivity index (χ0) is 23.8. The summed E-state index contributed by atoms with van der Waals surface area (Å²) in [6.07, 6.45) is 6.15. The van der Waals surface area contributed by atoms with Gasteiger partial charge in [0.2, 0.25) is 0 Å². The maximum absolute atomic E-state index is 13.1. The van der Waals surface area contributed by atoms with Gasteiger partial charge < -0.3 is 25.6 Å². The number of carbonyl (C=O) groups excluding carboxylic acids is 1. The number of pyridine rings is 1. The van der Waals surface area contributed by atoms with Crippen LogP contribution in [0.2, 0.25) is 0 Å². The van der Waals surface area contributed by atoms with Crippen LogP contribution in [0.4, 0.5) is 17.3 Å². The number of aliphatic hydroxyl groups is 1. The summed E-state index contributed by atoms with van der Waals surface area (Å²) in [5.74, 6) is 0.740. The average molecular weight is 454 g/mol. The Kier molecular flexibility index (Phi) is 6.11. The summed E-state index contributed by atoms with van der Waals surface area (Å²) in [4.78, 5) is 30.4. The number of nitrogens with zero attached hydrogens (tertiary/aromatic N) is 4. The smallest absolute Gasteiger partial charge is 0.274 e. The van der Waals surface area contributed by atoms with Crippen LogP contribution < -0.4 is 21.5 Å². The second-order valence-electron chi connectivity index (χ2n) is 9.19. The summed E-state index contributed by atoms with van der Waals surface area (Å²) in [6.45, 7) is 5.69. The molecule has 1 unspecified atom stereocenters. The van der Waals surface area contributed by atoms with Gasteiger partial charge in [-0.3, -0.25) is 9.59 Å². The molecule has 0 saturated heterocycles. The van der Waals surface area contributed by atoms with Crippen molar-refractivity contribution in [2.75, 3.05) is 17.7 Å². The van der Waals surface area contributed by atoms with Gasteiger partial charge in [-0.2, -0.15) is 9.61 Å². The number of carbonyl (C=O) groups is 1. The molecule has 0 spiro atoms. The Balaban J connectivity index is 1.66. The lowest BCUT2D eigenvalue weighted by Crippen LogP contribution is -2.44. The van der Waals surface area contributed by atoms with Crippen molar-refractivity contribution >= 4 is 28.9 Å². The van der Waals surface area contributed by atoms with Gasteiger partial charge in [0.1, 0.15) is 22.9 Å². The van der Waals surface area contributed by atoms with Gasteiger partial charge in [-0.15, -0.1) is 0 Å². The van der Waals surface area contributed by atoms with Crippen LogP contribution in [0.5, 0.6) is 0 Å². The number of nitrogens with one attached hydrogen (secondary N) is 3. The molecule has 1 fully saturated rings. The van der Waals surface area contributed by atoms with E-state index in [9.17, 15) is 14.7 Å². The van der Waals surface area contributed by atoms with E-state index in [0.29, 0.717) is 35.0 Å². The molecule has 1 aliphatic rings. The minimum Gasteiger partial charge on any atom is -0.390 e. The largest absolute Gasteiger partial charge is 0.390 e. The Morgan fingerprint density at radius 3 is 2.85 bits per heavy atom. The quantitative estimate of drug-likeness (QED) is 0.452. The Morgan fingerprint density at radius 1 is 1.36 bits per heavy atom. The normalized spacial score (nSPS) is 20.7. The molecule has 10 heteroatoms. The van der Waals surface area contributed by atoms with Crippen LogP contribution in [0.15, 0.2) is 35.4 Å². The Bertz CT molecular complexity index is 1230. The van der Waals surface area contributed by atoms with Gasteiger partial charge in [-0.25, -0.2) is 4.98 Å². The fourth-order valence-corrected chi connectivity index (χ4v) is 4.37. The summed E-state index contributed by atoms with van der Waals surface area (Å²) in [5.41, 5.74) is 0.151. The van der Waals surface area contributed by atoms with E-state index < -0.39 is 5.60 Å². The van der Waals surface area contributed by atoms with Crippen LogP contribution in [-0.2, 0) is 0 Å². The maximum Gasteiger partial charge on any atom is 0.274 e. The molecule has 0 aromatic carbocycles. The lowest BCUT2D eigenvalue weighted by atomic mass is 9.83. The van der Waals surface area contributed by atoms with E-state index >= 15 is 0 Å². The number of fused-ring (bicyclic) bond motifs is 1. The first-order valence-corrected chi connectivity index (χ1v) is 11.3. The third-order valence-corrected chi connectivity index (χ3v) is 6.06. The van der Waals surface area contributed by atoms with E-state index in [4.69, 9.17) is 0 Å². The molecule has 33 heavy (non-hydrogen) atoms.